The minimum absolute atomic E-state index is 0.194. The number of alkyl halides is 2. The quantitative estimate of drug-likeness (QED) is 0.676. The van der Waals surface area contributed by atoms with E-state index < -0.39 is 5.92 Å². The number of likely N-dealkylation sites (N-methyl/N-ethyl adjacent to an activating group) is 1. The van der Waals surface area contributed by atoms with Crippen LogP contribution in [0.3, 0.4) is 0 Å². The lowest BCUT2D eigenvalue weighted by Crippen LogP contribution is -2.39. The molecule has 3 aromatic rings. The predicted octanol–water partition coefficient (Wildman–Crippen LogP) is 4.14. The van der Waals surface area contributed by atoms with E-state index in [1.54, 1.807) is 35.2 Å². The van der Waals surface area contributed by atoms with Crippen LogP contribution < -0.4 is 19.9 Å². The number of hydrogen-bond acceptors (Lipinski definition) is 6. The summed E-state index contributed by atoms with van der Waals surface area (Å²) in [4.78, 5) is 21.0. The Morgan fingerprint density at radius 3 is 2.74 bits per heavy atom. The minimum atomic E-state index is -2.63. The van der Waals surface area contributed by atoms with Gasteiger partial charge < -0.3 is 24.3 Å². The number of nitrogens with one attached hydrogen (secondary N) is 1. The van der Waals surface area contributed by atoms with E-state index in [2.05, 4.69) is 15.2 Å². The molecule has 0 unspecified atom stereocenters. The van der Waals surface area contributed by atoms with Gasteiger partial charge in [-0.15, -0.1) is 0 Å². The zero-order chi connectivity index (χ0) is 21.6. The second-order valence-electron chi connectivity index (χ2n) is 7.93. The van der Waals surface area contributed by atoms with E-state index in [1.165, 1.54) is 0 Å². The van der Waals surface area contributed by atoms with E-state index in [4.69, 9.17) is 9.15 Å². The SMILES string of the molecule is CN1CCOc2ccc(C(=O)Nc3ccc4oc(N5CCC(F)(F)CC5)nc4c3)cc21. The van der Waals surface area contributed by atoms with Gasteiger partial charge in [0.1, 0.15) is 17.9 Å². The molecule has 31 heavy (non-hydrogen) atoms. The number of carbonyl (C=O) groups is 1. The first kappa shape index (κ1) is 19.6. The van der Waals surface area contributed by atoms with Crippen molar-refractivity contribution in [1.29, 1.82) is 0 Å². The third kappa shape index (κ3) is 3.87. The van der Waals surface area contributed by atoms with E-state index in [1.807, 2.05) is 13.1 Å². The average molecular weight is 428 g/mol. The number of nitrogens with zero attached hydrogens (tertiary/aromatic N) is 3. The van der Waals surface area contributed by atoms with Crippen molar-refractivity contribution in [3.63, 3.8) is 0 Å². The maximum absolute atomic E-state index is 13.4. The first-order valence-corrected chi connectivity index (χ1v) is 10.2. The highest BCUT2D eigenvalue weighted by molar-refractivity contribution is 6.05. The maximum Gasteiger partial charge on any atom is 0.298 e. The Labute approximate surface area is 177 Å². The Balaban J connectivity index is 1.33. The van der Waals surface area contributed by atoms with Gasteiger partial charge in [0.15, 0.2) is 5.58 Å². The Kier molecular flexibility index (Phi) is 4.68. The minimum Gasteiger partial charge on any atom is -0.490 e. The van der Waals surface area contributed by atoms with Gasteiger partial charge in [-0.3, -0.25) is 4.79 Å². The van der Waals surface area contributed by atoms with Gasteiger partial charge in [0.25, 0.3) is 17.8 Å². The molecule has 0 aliphatic carbocycles. The number of aromatic nitrogens is 1. The summed E-state index contributed by atoms with van der Waals surface area (Å²) in [5.74, 6) is -2.11. The van der Waals surface area contributed by atoms with Crippen LogP contribution in [-0.4, -0.2) is 50.1 Å². The molecule has 2 aliphatic rings. The standard InChI is InChI=1S/C22H22F2N4O3/c1-27-10-11-30-19-4-2-14(12-17(19)27)20(29)25-15-3-5-18-16(13-15)26-21(31-18)28-8-6-22(23,24)7-9-28/h2-5,12-13H,6-11H2,1H3,(H,25,29). The van der Waals surface area contributed by atoms with E-state index in [0.29, 0.717) is 35.0 Å². The van der Waals surface area contributed by atoms with Gasteiger partial charge in [0.05, 0.1) is 12.2 Å². The Morgan fingerprint density at radius 1 is 1.13 bits per heavy atom. The summed E-state index contributed by atoms with van der Waals surface area (Å²) in [6.45, 7) is 1.77. The second kappa shape index (κ2) is 7.40. The molecule has 2 aliphatic heterocycles. The Bertz CT molecular complexity index is 1140. The topological polar surface area (TPSA) is 70.8 Å². The van der Waals surface area contributed by atoms with Crippen LogP contribution in [0.2, 0.25) is 0 Å². The molecule has 0 radical (unpaired) electrons. The van der Waals surface area contributed by atoms with Crippen molar-refractivity contribution >= 4 is 34.4 Å². The highest BCUT2D eigenvalue weighted by atomic mass is 19.3. The average Bonchev–Trinajstić information content (AvgIpc) is 3.17. The van der Waals surface area contributed by atoms with Gasteiger partial charge in [-0.1, -0.05) is 0 Å². The molecule has 1 amide bonds. The first-order valence-electron chi connectivity index (χ1n) is 10.2. The van der Waals surface area contributed by atoms with Crippen molar-refractivity contribution in [1.82, 2.24) is 4.98 Å². The molecule has 1 saturated heterocycles. The zero-order valence-electron chi connectivity index (χ0n) is 17.0. The fourth-order valence-corrected chi connectivity index (χ4v) is 3.85. The van der Waals surface area contributed by atoms with Gasteiger partial charge in [-0.05, 0) is 36.4 Å². The number of halogens is 2. The number of fused-ring (bicyclic) bond motifs is 2. The number of rotatable bonds is 3. The van der Waals surface area contributed by atoms with Crippen LogP contribution in [0.25, 0.3) is 11.1 Å². The van der Waals surface area contributed by atoms with Crippen LogP contribution >= 0.6 is 0 Å². The molecule has 7 nitrogen and oxygen atoms in total. The van der Waals surface area contributed by atoms with E-state index in [0.717, 1.165) is 18.0 Å². The van der Waals surface area contributed by atoms with Gasteiger partial charge in [-0.2, -0.15) is 4.98 Å². The van der Waals surface area contributed by atoms with Crippen molar-refractivity contribution in [2.45, 2.75) is 18.8 Å². The molecular formula is C22H22F2N4O3. The fourth-order valence-electron chi connectivity index (χ4n) is 3.85. The normalized spacial score (nSPS) is 17.9. The first-order chi connectivity index (χ1) is 14.9. The van der Waals surface area contributed by atoms with Crippen LogP contribution in [0.15, 0.2) is 40.8 Å². The molecule has 0 saturated carbocycles. The number of hydrogen-bond donors (Lipinski definition) is 1. The third-order valence-electron chi connectivity index (χ3n) is 5.72. The van der Waals surface area contributed by atoms with Crippen LogP contribution in [0.4, 0.5) is 26.2 Å². The molecule has 1 aromatic heterocycles. The largest absolute Gasteiger partial charge is 0.490 e. The maximum atomic E-state index is 13.4. The van der Waals surface area contributed by atoms with Crippen molar-refractivity contribution in [3.8, 4) is 5.75 Å². The van der Waals surface area contributed by atoms with Gasteiger partial charge in [0.2, 0.25) is 0 Å². The lowest BCUT2D eigenvalue weighted by atomic mass is 10.1. The summed E-state index contributed by atoms with van der Waals surface area (Å²) in [6.07, 6.45) is -0.428. The van der Waals surface area contributed by atoms with Gasteiger partial charge in [-0.25, -0.2) is 8.78 Å². The summed E-state index contributed by atoms with van der Waals surface area (Å²) in [7, 11) is 1.96. The molecule has 1 N–H and O–H groups in total. The Morgan fingerprint density at radius 2 is 1.94 bits per heavy atom. The van der Waals surface area contributed by atoms with Gasteiger partial charge >= 0.3 is 0 Å². The van der Waals surface area contributed by atoms with E-state index >= 15 is 0 Å². The van der Waals surface area contributed by atoms with Crippen LogP contribution in [-0.2, 0) is 0 Å². The number of benzene rings is 2. The third-order valence-corrected chi connectivity index (χ3v) is 5.72. The zero-order valence-corrected chi connectivity index (χ0v) is 17.0. The monoisotopic (exact) mass is 428 g/mol. The van der Waals surface area contributed by atoms with Crippen LogP contribution in [0, 0.1) is 0 Å². The summed E-state index contributed by atoms with van der Waals surface area (Å²) in [5.41, 5.74) is 3.07. The Hall–Kier alpha value is -3.36. The summed E-state index contributed by atoms with van der Waals surface area (Å²) < 4.78 is 38.2. The molecule has 0 bridgehead atoms. The molecule has 5 rings (SSSR count). The molecule has 2 aromatic carbocycles. The predicted molar refractivity (Wildman–Crippen MR) is 114 cm³/mol. The molecule has 0 atom stereocenters. The molecule has 3 heterocycles. The lowest BCUT2D eigenvalue weighted by molar-refractivity contribution is -0.0226. The number of anilines is 3. The number of ether oxygens (including phenoxy) is 1. The summed E-state index contributed by atoms with van der Waals surface area (Å²) in [5, 5.41) is 2.88. The smallest absolute Gasteiger partial charge is 0.298 e. The van der Waals surface area contributed by atoms with E-state index in [-0.39, 0.29) is 31.8 Å². The molecule has 0 spiro atoms. The summed E-state index contributed by atoms with van der Waals surface area (Å²) >= 11 is 0. The molecule has 9 heteroatoms. The molecule has 162 valence electrons. The second-order valence-corrected chi connectivity index (χ2v) is 7.93. The van der Waals surface area contributed by atoms with Crippen LogP contribution in [0.1, 0.15) is 23.2 Å². The number of carbonyl (C=O) groups excluding carboxylic acids is 1. The van der Waals surface area contributed by atoms with Crippen LogP contribution in [0.5, 0.6) is 5.75 Å². The summed E-state index contributed by atoms with van der Waals surface area (Å²) in [6, 6.07) is 10.8. The van der Waals surface area contributed by atoms with Crippen molar-refractivity contribution < 1.29 is 22.7 Å². The lowest BCUT2D eigenvalue weighted by Gasteiger charge is -2.30. The highest BCUT2D eigenvalue weighted by Gasteiger charge is 2.35. The molecule has 1 fully saturated rings. The highest BCUT2D eigenvalue weighted by Crippen LogP contribution is 2.33. The van der Waals surface area contributed by atoms with Crippen molar-refractivity contribution in [2.75, 3.05) is 48.4 Å². The molecular weight excluding hydrogens is 406 g/mol. The number of amides is 1. The number of piperidine rings is 1. The van der Waals surface area contributed by atoms with E-state index in [9.17, 15) is 13.6 Å². The van der Waals surface area contributed by atoms with Crippen molar-refractivity contribution in [3.05, 3.63) is 42.0 Å². The fraction of sp³-hybridized carbons (Fsp3) is 0.364. The number of oxazole rings is 1. The van der Waals surface area contributed by atoms with Crippen molar-refractivity contribution in [2.24, 2.45) is 0 Å². The van der Waals surface area contributed by atoms with Gasteiger partial charge in [0, 0.05) is 44.2 Å².